The lowest BCUT2D eigenvalue weighted by Crippen LogP contribution is -2.24. The van der Waals surface area contributed by atoms with Crippen molar-refractivity contribution < 1.29 is 14.7 Å². The molecule has 1 amide bonds. The number of aromatic nitrogens is 1. The topological polar surface area (TPSA) is 70.5 Å². The Morgan fingerprint density at radius 2 is 2.22 bits per heavy atom. The molecule has 1 N–H and O–H groups in total. The molecule has 0 bridgehead atoms. The maximum absolute atomic E-state index is 11.8. The summed E-state index contributed by atoms with van der Waals surface area (Å²) in [5.74, 6) is 0.132. The molecule has 1 atom stereocenters. The van der Waals surface area contributed by atoms with Gasteiger partial charge in [0.2, 0.25) is 5.91 Å². The lowest BCUT2D eigenvalue weighted by atomic mass is 10.0. The van der Waals surface area contributed by atoms with Crippen LogP contribution in [0.5, 0.6) is 0 Å². The fourth-order valence-electron chi connectivity index (χ4n) is 2.46. The minimum absolute atomic E-state index is 0.00544. The predicted molar refractivity (Wildman–Crippen MR) is 66.9 cm³/mol. The molecule has 3 rings (SSSR count). The highest BCUT2D eigenvalue weighted by molar-refractivity contribution is 7.17. The van der Waals surface area contributed by atoms with Crippen LogP contribution in [0, 0.1) is 5.92 Å². The summed E-state index contributed by atoms with van der Waals surface area (Å²) in [6, 6.07) is 0. The molecule has 18 heavy (non-hydrogen) atoms. The van der Waals surface area contributed by atoms with Crippen LogP contribution in [0.15, 0.2) is 0 Å². The lowest BCUT2D eigenvalue weighted by Gasteiger charge is -2.11. The number of Topliss-reactive ketones (excluding diaryl/α,β-unsaturated/α-hetero) is 1. The first-order chi connectivity index (χ1) is 8.69. The van der Waals surface area contributed by atoms with Crippen LogP contribution < -0.4 is 4.90 Å². The number of thiazole rings is 1. The Hall–Kier alpha value is -1.27. The number of amides is 1. The number of aryl methyl sites for hydroxylation is 1. The van der Waals surface area contributed by atoms with Gasteiger partial charge in [-0.25, -0.2) is 4.98 Å². The summed E-state index contributed by atoms with van der Waals surface area (Å²) >= 11 is 1.32. The third kappa shape index (κ3) is 1.85. The average molecular weight is 266 g/mol. The fraction of sp³-hybridized carbons (Fsp3) is 0.583. The fourth-order valence-corrected chi connectivity index (χ4v) is 3.57. The van der Waals surface area contributed by atoms with E-state index in [1.54, 1.807) is 4.90 Å². The molecule has 0 aromatic carbocycles. The number of fused-ring (bicyclic) bond motifs is 1. The molecule has 5 nitrogen and oxygen atoms in total. The van der Waals surface area contributed by atoms with Gasteiger partial charge >= 0.3 is 0 Å². The number of aliphatic hydroxyl groups is 1. The predicted octanol–water partition coefficient (Wildman–Crippen LogP) is 1.01. The molecule has 0 radical (unpaired) electrons. The van der Waals surface area contributed by atoms with E-state index in [9.17, 15) is 9.59 Å². The van der Waals surface area contributed by atoms with E-state index in [2.05, 4.69) is 4.98 Å². The van der Waals surface area contributed by atoms with Crippen molar-refractivity contribution in [3.63, 3.8) is 0 Å². The Bertz CT molecular complexity index is 511. The number of carbonyl (C=O) groups excluding carboxylic acids is 2. The number of ketones is 1. The van der Waals surface area contributed by atoms with E-state index in [4.69, 9.17) is 5.11 Å². The first-order valence-corrected chi connectivity index (χ1v) is 6.95. The molecular weight excluding hydrogens is 252 g/mol. The zero-order valence-corrected chi connectivity index (χ0v) is 10.7. The van der Waals surface area contributed by atoms with Crippen molar-refractivity contribution >= 4 is 28.2 Å². The summed E-state index contributed by atoms with van der Waals surface area (Å²) in [6.07, 6.45) is 2.63. The third-order valence-corrected chi connectivity index (χ3v) is 4.61. The highest BCUT2D eigenvalue weighted by atomic mass is 32.1. The minimum atomic E-state index is -0.00686. The summed E-state index contributed by atoms with van der Waals surface area (Å²) in [5.41, 5.74) is 0.839. The van der Waals surface area contributed by atoms with Crippen LogP contribution in [0.25, 0.3) is 0 Å². The van der Waals surface area contributed by atoms with Gasteiger partial charge in [0.25, 0.3) is 0 Å². The summed E-state index contributed by atoms with van der Waals surface area (Å²) in [6.45, 7) is 0.530. The van der Waals surface area contributed by atoms with Gasteiger partial charge in [0.05, 0.1) is 10.6 Å². The van der Waals surface area contributed by atoms with Gasteiger partial charge < -0.3 is 5.11 Å². The molecule has 1 fully saturated rings. The van der Waals surface area contributed by atoms with E-state index in [1.165, 1.54) is 11.3 Å². The lowest BCUT2D eigenvalue weighted by molar-refractivity contribution is -0.117. The van der Waals surface area contributed by atoms with Gasteiger partial charge in [-0.05, 0) is 12.8 Å². The Labute approximate surface area is 108 Å². The Kier molecular flexibility index (Phi) is 2.91. The summed E-state index contributed by atoms with van der Waals surface area (Å²) < 4.78 is 0. The van der Waals surface area contributed by atoms with Crippen molar-refractivity contribution in [2.45, 2.75) is 25.7 Å². The van der Waals surface area contributed by atoms with E-state index in [1.807, 2.05) is 0 Å². The zero-order valence-electron chi connectivity index (χ0n) is 9.89. The second-order valence-corrected chi connectivity index (χ2v) is 5.78. The molecule has 0 saturated carbocycles. The standard InChI is InChI=1S/C12H14N2O3S/c15-6-7-4-10(17)14(5-7)12-13-8-2-1-3-9(16)11(8)18-12/h7,15H,1-6H2. The molecule has 1 aliphatic heterocycles. The molecule has 2 aliphatic rings. The number of anilines is 1. The van der Waals surface area contributed by atoms with Crippen molar-refractivity contribution in [2.75, 3.05) is 18.1 Å². The van der Waals surface area contributed by atoms with Gasteiger partial charge in [-0.15, -0.1) is 0 Å². The van der Waals surface area contributed by atoms with E-state index in [-0.39, 0.29) is 24.2 Å². The van der Waals surface area contributed by atoms with Crippen molar-refractivity contribution in [2.24, 2.45) is 5.92 Å². The molecule has 1 saturated heterocycles. The van der Waals surface area contributed by atoms with E-state index in [0.29, 0.717) is 24.5 Å². The third-order valence-electron chi connectivity index (χ3n) is 3.45. The first kappa shape index (κ1) is 11.8. The van der Waals surface area contributed by atoms with Crippen LogP contribution >= 0.6 is 11.3 Å². The van der Waals surface area contributed by atoms with Crippen LogP contribution in [0.3, 0.4) is 0 Å². The molecular formula is C12H14N2O3S. The smallest absolute Gasteiger partial charge is 0.229 e. The molecule has 6 heteroatoms. The average Bonchev–Trinajstić information content (AvgIpc) is 2.93. The first-order valence-electron chi connectivity index (χ1n) is 6.13. The monoisotopic (exact) mass is 266 g/mol. The van der Waals surface area contributed by atoms with Crippen molar-refractivity contribution in [3.05, 3.63) is 10.6 Å². The number of hydrogen-bond acceptors (Lipinski definition) is 5. The van der Waals surface area contributed by atoms with Crippen molar-refractivity contribution in [3.8, 4) is 0 Å². The van der Waals surface area contributed by atoms with Crippen molar-refractivity contribution in [1.29, 1.82) is 0 Å². The molecule has 0 spiro atoms. The van der Waals surface area contributed by atoms with Crippen LogP contribution in [-0.4, -0.2) is 34.9 Å². The normalized spacial score (nSPS) is 23.6. The Morgan fingerprint density at radius 3 is 2.89 bits per heavy atom. The summed E-state index contributed by atoms with van der Waals surface area (Å²) in [7, 11) is 0. The number of carbonyl (C=O) groups is 2. The summed E-state index contributed by atoms with van der Waals surface area (Å²) in [5, 5.41) is 9.72. The number of rotatable bonds is 2. The van der Waals surface area contributed by atoms with Crippen LogP contribution in [0.2, 0.25) is 0 Å². The highest BCUT2D eigenvalue weighted by Gasteiger charge is 2.33. The van der Waals surface area contributed by atoms with Crippen LogP contribution in [0.4, 0.5) is 5.13 Å². The highest BCUT2D eigenvalue weighted by Crippen LogP contribution is 2.34. The van der Waals surface area contributed by atoms with E-state index in [0.717, 1.165) is 23.4 Å². The van der Waals surface area contributed by atoms with Gasteiger partial charge in [-0.3, -0.25) is 14.5 Å². The molecule has 96 valence electrons. The number of hydrogen-bond donors (Lipinski definition) is 1. The molecule has 1 aliphatic carbocycles. The quantitative estimate of drug-likeness (QED) is 0.867. The largest absolute Gasteiger partial charge is 0.396 e. The van der Waals surface area contributed by atoms with Crippen LogP contribution in [0.1, 0.15) is 34.6 Å². The number of aliphatic hydroxyl groups excluding tert-OH is 1. The molecule has 1 aromatic heterocycles. The second kappa shape index (κ2) is 4.44. The molecule has 1 unspecified atom stereocenters. The molecule has 2 heterocycles. The van der Waals surface area contributed by atoms with E-state index >= 15 is 0 Å². The Morgan fingerprint density at radius 1 is 1.39 bits per heavy atom. The van der Waals surface area contributed by atoms with Gasteiger partial charge in [-0.1, -0.05) is 11.3 Å². The summed E-state index contributed by atoms with van der Waals surface area (Å²) in [4.78, 5) is 30.3. The van der Waals surface area contributed by atoms with Gasteiger partial charge in [-0.2, -0.15) is 0 Å². The van der Waals surface area contributed by atoms with Crippen molar-refractivity contribution in [1.82, 2.24) is 4.98 Å². The number of nitrogens with zero attached hydrogens (tertiary/aromatic N) is 2. The SMILES string of the molecule is O=C1CCCc2nc(N3CC(CO)CC3=O)sc21. The van der Waals surface area contributed by atoms with Gasteiger partial charge in [0.1, 0.15) is 0 Å². The Balaban J connectivity index is 1.89. The maximum Gasteiger partial charge on any atom is 0.229 e. The van der Waals surface area contributed by atoms with Gasteiger partial charge in [0.15, 0.2) is 10.9 Å². The molecule has 1 aromatic rings. The maximum atomic E-state index is 11.8. The van der Waals surface area contributed by atoms with E-state index < -0.39 is 0 Å². The van der Waals surface area contributed by atoms with Gasteiger partial charge in [0, 0.05) is 31.9 Å². The second-order valence-electron chi connectivity index (χ2n) is 4.81. The minimum Gasteiger partial charge on any atom is -0.396 e. The zero-order chi connectivity index (χ0) is 12.7. The van der Waals surface area contributed by atoms with Crippen LogP contribution in [-0.2, 0) is 11.2 Å².